The molecule has 0 bridgehead atoms. The average Bonchev–Trinajstić information content (AvgIpc) is 3.00. The molecule has 0 amide bonds. The molecular weight excluding hydrogens is 617 g/mol. The third-order valence-electron chi connectivity index (χ3n) is 7.84. The summed E-state index contributed by atoms with van der Waals surface area (Å²) in [4.78, 5) is 0. The fraction of sp³-hybridized carbons (Fsp3) is 0.419. The van der Waals surface area contributed by atoms with Gasteiger partial charge in [0.05, 0.1) is 6.61 Å². The highest BCUT2D eigenvalue weighted by atomic mass is 32.2. The predicted molar refractivity (Wildman–Crippen MR) is 158 cm³/mol. The molecule has 0 aliphatic carbocycles. The van der Waals surface area contributed by atoms with Crippen molar-refractivity contribution in [1.29, 1.82) is 0 Å². The van der Waals surface area contributed by atoms with E-state index in [1.165, 1.54) is 7.11 Å². The van der Waals surface area contributed by atoms with Gasteiger partial charge in [0.2, 0.25) is 0 Å². The average molecular weight is 653 g/mol. The Hall–Kier alpha value is -2.62. The Kier molecular flexibility index (Phi) is 9.41. The van der Waals surface area contributed by atoms with Gasteiger partial charge in [0.25, 0.3) is 8.32 Å². The number of fused-ring (bicyclic) bond motifs is 1. The molecule has 0 spiro atoms. The van der Waals surface area contributed by atoms with Gasteiger partial charge in [0, 0.05) is 12.7 Å². The Bertz CT molecular complexity index is 1450. The molecule has 0 N–H and O–H groups in total. The zero-order valence-electron chi connectivity index (χ0n) is 24.6. The van der Waals surface area contributed by atoms with Gasteiger partial charge in [-0.05, 0) is 15.4 Å². The van der Waals surface area contributed by atoms with Crippen molar-refractivity contribution in [3.05, 3.63) is 96.6 Å². The molecule has 1 unspecified atom stereocenters. The van der Waals surface area contributed by atoms with Crippen molar-refractivity contribution in [3.8, 4) is 0 Å². The van der Waals surface area contributed by atoms with Gasteiger partial charge in [-0.3, -0.25) is 4.18 Å². The van der Waals surface area contributed by atoms with Crippen molar-refractivity contribution in [2.24, 2.45) is 0 Å². The molecule has 3 aromatic carbocycles. The highest BCUT2D eigenvalue weighted by molar-refractivity contribution is 7.87. The van der Waals surface area contributed by atoms with Crippen molar-refractivity contribution < 1.29 is 49.1 Å². The maximum absolute atomic E-state index is 13.8. The van der Waals surface area contributed by atoms with E-state index in [0.717, 1.165) is 10.4 Å². The molecule has 2 heterocycles. The second-order valence-corrected chi connectivity index (χ2v) is 17.5. The molecule has 13 heteroatoms. The van der Waals surface area contributed by atoms with Crippen LogP contribution in [-0.2, 0) is 37.7 Å². The zero-order chi connectivity index (χ0) is 31.8. The number of methoxy groups -OCH3 is 1. The fourth-order valence-corrected chi connectivity index (χ4v) is 11.1. The summed E-state index contributed by atoms with van der Waals surface area (Å²) in [7, 11) is -8.30. The van der Waals surface area contributed by atoms with Gasteiger partial charge in [-0.1, -0.05) is 112 Å². The van der Waals surface area contributed by atoms with Gasteiger partial charge in [-0.2, -0.15) is 21.6 Å². The smallest absolute Gasteiger partial charge is 0.396 e. The molecule has 2 aliphatic rings. The number of rotatable bonds is 8. The van der Waals surface area contributed by atoms with E-state index in [2.05, 4.69) is 0 Å². The first-order chi connectivity index (χ1) is 20.8. The summed E-state index contributed by atoms with van der Waals surface area (Å²) in [5, 5.41) is 0.993. The molecule has 6 atom stereocenters. The van der Waals surface area contributed by atoms with Crippen LogP contribution >= 0.6 is 0 Å². The summed E-state index contributed by atoms with van der Waals surface area (Å²) in [6, 6.07) is 27.5. The van der Waals surface area contributed by atoms with Crippen LogP contribution in [-0.4, -0.2) is 66.7 Å². The Morgan fingerprint density at radius 2 is 1.32 bits per heavy atom. The third-order valence-corrected chi connectivity index (χ3v) is 13.9. The highest BCUT2D eigenvalue weighted by Gasteiger charge is 2.61. The van der Waals surface area contributed by atoms with Crippen LogP contribution in [0.2, 0.25) is 5.04 Å². The van der Waals surface area contributed by atoms with E-state index in [1.807, 2.05) is 81.4 Å². The molecule has 2 saturated heterocycles. The Balaban J connectivity index is 1.67. The molecule has 8 nitrogen and oxygen atoms in total. The second kappa shape index (κ2) is 12.6. The van der Waals surface area contributed by atoms with Crippen LogP contribution < -0.4 is 10.4 Å². The monoisotopic (exact) mass is 652 g/mol. The molecular formula is C31H35F3O8SSi. The third kappa shape index (κ3) is 6.24. The Labute approximate surface area is 256 Å². The lowest BCUT2D eigenvalue weighted by Gasteiger charge is -2.52. The zero-order valence-corrected chi connectivity index (χ0v) is 26.5. The van der Waals surface area contributed by atoms with E-state index in [4.69, 9.17) is 27.6 Å². The van der Waals surface area contributed by atoms with Crippen LogP contribution in [0.1, 0.15) is 32.6 Å². The molecule has 2 aliphatic heterocycles. The number of ether oxygens (including phenoxy) is 4. The lowest BCUT2D eigenvalue weighted by Crippen LogP contribution is -2.73. The van der Waals surface area contributed by atoms with Crippen LogP contribution in [0.4, 0.5) is 13.2 Å². The van der Waals surface area contributed by atoms with Gasteiger partial charge in [0.1, 0.15) is 24.4 Å². The minimum absolute atomic E-state index is 0.123. The summed E-state index contributed by atoms with van der Waals surface area (Å²) in [5.74, 6) is 0. The summed E-state index contributed by atoms with van der Waals surface area (Å²) >= 11 is 0. The summed E-state index contributed by atoms with van der Waals surface area (Å²) in [6.45, 7) is 5.81. The van der Waals surface area contributed by atoms with Crippen LogP contribution in [0.3, 0.4) is 0 Å². The van der Waals surface area contributed by atoms with Crippen molar-refractivity contribution in [2.45, 2.75) is 68.3 Å². The van der Waals surface area contributed by atoms with Gasteiger partial charge in [-0.25, -0.2) is 0 Å². The normalized spacial score (nSPS) is 26.6. The van der Waals surface area contributed by atoms with Crippen LogP contribution in [0, 0.1) is 0 Å². The molecule has 238 valence electrons. The molecule has 0 aromatic heterocycles. The summed E-state index contributed by atoms with van der Waals surface area (Å²) < 4.78 is 103. The molecule has 2 fully saturated rings. The van der Waals surface area contributed by atoms with E-state index in [-0.39, 0.29) is 6.61 Å². The first kappa shape index (κ1) is 32.8. The number of alkyl halides is 3. The highest BCUT2D eigenvalue weighted by Crippen LogP contribution is 2.43. The molecule has 44 heavy (non-hydrogen) atoms. The van der Waals surface area contributed by atoms with Gasteiger partial charge < -0.3 is 23.4 Å². The lowest BCUT2D eigenvalue weighted by molar-refractivity contribution is -0.352. The summed E-state index contributed by atoms with van der Waals surface area (Å²) in [6.07, 6.45) is -7.99. The minimum atomic E-state index is -6.11. The van der Waals surface area contributed by atoms with Crippen LogP contribution in [0.25, 0.3) is 0 Å². The Morgan fingerprint density at radius 1 is 0.795 bits per heavy atom. The standard InChI is InChI=1S/C31H35F3O8SSi/c1-30(2,3)44(22-16-10-6-11-17-22,23-18-12-7-13-19-23)42-27-26(41-43(35,36)31(32,33)34)25-24(39-29(27)37-4)20-38-28(40-25)21-14-8-5-9-15-21/h5-19,24-29H,20H2,1-4H3/t24-,25-,26+,27-,28?,29+/m1/s1. The van der Waals surface area contributed by atoms with Crippen molar-refractivity contribution in [1.82, 2.24) is 0 Å². The van der Waals surface area contributed by atoms with Crippen molar-refractivity contribution >= 4 is 28.8 Å². The lowest BCUT2D eigenvalue weighted by atomic mass is 9.98. The molecule has 5 rings (SSSR count). The van der Waals surface area contributed by atoms with Crippen molar-refractivity contribution in [3.63, 3.8) is 0 Å². The topological polar surface area (TPSA) is 89.5 Å². The first-order valence-electron chi connectivity index (χ1n) is 14.1. The van der Waals surface area contributed by atoms with Crippen molar-refractivity contribution in [2.75, 3.05) is 13.7 Å². The van der Waals surface area contributed by atoms with Crippen LogP contribution in [0.15, 0.2) is 91.0 Å². The van der Waals surface area contributed by atoms with Gasteiger partial charge in [-0.15, -0.1) is 0 Å². The number of halogens is 3. The molecule has 3 aromatic rings. The van der Waals surface area contributed by atoms with Gasteiger partial charge in [0.15, 0.2) is 12.6 Å². The number of hydrogen-bond acceptors (Lipinski definition) is 8. The quantitative estimate of drug-likeness (QED) is 0.198. The van der Waals surface area contributed by atoms with E-state index in [9.17, 15) is 21.6 Å². The van der Waals surface area contributed by atoms with E-state index >= 15 is 0 Å². The largest absolute Gasteiger partial charge is 0.523 e. The maximum atomic E-state index is 13.8. The van der Waals surface area contributed by atoms with E-state index in [0.29, 0.717) is 5.56 Å². The minimum Gasteiger partial charge on any atom is -0.396 e. The predicted octanol–water partition coefficient (Wildman–Crippen LogP) is 4.65. The maximum Gasteiger partial charge on any atom is 0.523 e. The fourth-order valence-electron chi connectivity index (χ4n) is 5.85. The van der Waals surface area contributed by atoms with Gasteiger partial charge >= 0.3 is 15.6 Å². The number of hydrogen-bond donors (Lipinski definition) is 0. The van der Waals surface area contributed by atoms with E-state index in [1.54, 1.807) is 30.3 Å². The molecule has 0 radical (unpaired) electrons. The second-order valence-electron chi connectivity index (χ2n) is 11.7. The first-order valence-corrected chi connectivity index (χ1v) is 17.4. The van der Waals surface area contributed by atoms with Crippen LogP contribution in [0.5, 0.6) is 0 Å². The SMILES string of the molecule is CO[C@H]1O[C@@H]2COC(c3ccccc3)O[C@H]2[C@H](OS(=O)(=O)C(F)(F)F)[C@H]1O[Si](c1ccccc1)(c1ccccc1)C(C)(C)C. The summed E-state index contributed by atoms with van der Waals surface area (Å²) in [5.41, 5.74) is -5.11. The Morgan fingerprint density at radius 3 is 1.80 bits per heavy atom. The van der Waals surface area contributed by atoms with E-state index < -0.39 is 66.0 Å². The number of benzene rings is 3. The molecule has 0 saturated carbocycles.